The zero-order valence-corrected chi connectivity index (χ0v) is 16.4. The van der Waals surface area contributed by atoms with E-state index in [0.717, 1.165) is 24.2 Å². The van der Waals surface area contributed by atoms with Crippen LogP contribution in [0.15, 0.2) is 0 Å². The average Bonchev–Trinajstić information content (AvgIpc) is 3.40. The van der Waals surface area contributed by atoms with E-state index in [4.69, 9.17) is 4.74 Å². The zero-order valence-electron chi connectivity index (χ0n) is 15.6. The number of fused-ring (bicyclic) bond motifs is 1. The van der Waals surface area contributed by atoms with Crippen LogP contribution in [-0.4, -0.2) is 34.8 Å². The minimum atomic E-state index is -0.789. The molecule has 0 aliphatic heterocycles. The predicted octanol–water partition coefficient (Wildman–Crippen LogP) is 2.82. The highest BCUT2D eigenvalue weighted by atomic mass is 32.2. The number of hydrogen-bond acceptors (Lipinski definition) is 4. The Morgan fingerprint density at radius 3 is 2.38 bits per heavy atom. The maximum absolute atomic E-state index is 13.7. The van der Waals surface area contributed by atoms with Crippen LogP contribution in [-0.2, 0) is 9.53 Å². The lowest BCUT2D eigenvalue weighted by molar-refractivity contribution is -0.230. The second kappa shape index (κ2) is 3.79. The normalized spacial score (nSPS) is 74.3. The van der Waals surface area contributed by atoms with Crippen molar-refractivity contribution in [1.82, 2.24) is 0 Å². The van der Waals surface area contributed by atoms with Gasteiger partial charge in [0, 0.05) is 0 Å². The van der Waals surface area contributed by atoms with Crippen molar-refractivity contribution in [2.24, 2.45) is 70.5 Å². The highest BCUT2D eigenvalue weighted by Crippen LogP contribution is 2.98. The smallest absolute Gasteiger partial charge is 0.315 e. The number of methoxy groups -OCH3 is 1. The lowest BCUT2D eigenvalue weighted by Gasteiger charge is -2.63. The molecule has 0 radical (unpaired) electrons. The third kappa shape index (κ3) is 0.890. The van der Waals surface area contributed by atoms with Crippen LogP contribution in [0.4, 0.5) is 0 Å². The first kappa shape index (κ1) is 14.7. The van der Waals surface area contributed by atoms with Gasteiger partial charge in [-0.1, -0.05) is 6.42 Å². The standard InChI is InChI=1S/C22H28O3S/c1-25-19(23)20-15-8-4-3-5-9(8)17-13(15)14-16(20)10-6-7-11-12(10)18(14)21(17,26-2)22(11,20)24/h8-18,24H,3-7H2,1-2H3/t8-,9+,10-,11-,12-,13-,14-,15+,16+,17-,18+,20+,21+,22-/m1/s1. The van der Waals surface area contributed by atoms with Crippen LogP contribution in [0.2, 0.25) is 0 Å². The van der Waals surface area contributed by atoms with Gasteiger partial charge in [-0.05, 0) is 97.0 Å². The molecule has 140 valence electrons. The van der Waals surface area contributed by atoms with Crippen molar-refractivity contribution in [2.75, 3.05) is 13.4 Å². The largest absolute Gasteiger partial charge is 0.468 e. The summed E-state index contributed by atoms with van der Waals surface area (Å²) in [5, 5.41) is 12.8. The number of esters is 1. The Morgan fingerprint density at radius 1 is 0.962 bits per heavy atom. The lowest BCUT2D eigenvalue weighted by Crippen LogP contribution is -2.75. The number of hydrogen-bond donors (Lipinski definition) is 1. The molecule has 9 aliphatic rings. The van der Waals surface area contributed by atoms with Crippen LogP contribution in [0.1, 0.15) is 32.1 Å². The summed E-state index contributed by atoms with van der Waals surface area (Å²) >= 11 is 1.99. The molecule has 0 aromatic rings. The second-order valence-corrected chi connectivity index (χ2v) is 12.1. The summed E-state index contributed by atoms with van der Waals surface area (Å²) in [5.74, 6) is 6.94. The first-order valence-electron chi connectivity index (χ1n) is 11.0. The number of carbonyl (C=O) groups is 1. The summed E-state index contributed by atoms with van der Waals surface area (Å²) in [4.78, 5) is 13.7. The number of rotatable bonds is 2. The molecule has 1 N–H and O–H groups in total. The zero-order chi connectivity index (χ0) is 17.4. The van der Waals surface area contributed by atoms with E-state index in [1.807, 2.05) is 11.8 Å². The molecule has 0 amide bonds. The van der Waals surface area contributed by atoms with Crippen LogP contribution in [0.25, 0.3) is 0 Å². The minimum Gasteiger partial charge on any atom is -0.468 e. The first-order valence-corrected chi connectivity index (χ1v) is 12.2. The van der Waals surface area contributed by atoms with E-state index in [1.165, 1.54) is 25.7 Å². The molecule has 14 atom stereocenters. The lowest BCUT2D eigenvalue weighted by atomic mass is 9.46. The third-order valence-corrected chi connectivity index (χ3v) is 13.5. The van der Waals surface area contributed by atoms with Gasteiger partial charge in [0.15, 0.2) is 0 Å². The van der Waals surface area contributed by atoms with Gasteiger partial charge in [-0.25, -0.2) is 0 Å². The van der Waals surface area contributed by atoms with E-state index in [0.29, 0.717) is 47.3 Å². The highest BCUT2D eigenvalue weighted by molar-refractivity contribution is 8.00. The summed E-state index contributed by atoms with van der Waals surface area (Å²) in [6.45, 7) is 0. The van der Waals surface area contributed by atoms with Crippen molar-refractivity contribution >= 4 is 17.7 Å². The summed E-state index contributed by atoms with van der Waals surface area (Å²) in [6, 6.07) is 0. The quantitative estimate of drug-likeness (QED) is 0.757. The Morgan fingerprint density at radius 2 is 1.65 bits per heavy atom. The molecule has 0 heterocycles. The molecule has 4 heteroatoms. The van der Waals surface area contributed by atoms with Gasteiger partial charge in [0.25, 0.3) is 0 Å². The van der Waals surface area contributed by atoms with Crippen LogP contribution in [0.3, 0.4) is 0 Å². The monoisotopic (exact) mass is 372 g/mol. The Hall–Kier alpha value is -0.220. The summed E-state index contributed by atoms with van der Waals surface area (Å²) in [7, 11) is 1.59. The molecular weight excluding hydrogens is 344 g/mol. The number of ether oxygens (including phenoxy) is 1. The fraction of sp³-hybridized carbons (Fsp3) is 0.955. The fourth-order valence-corrected chi connectivity index (χ4v) is 14.6. The van der Waals surface area contributed by atoms with Crippen LogP contribution in [0.5, 0.6) is 0 Å². The fourth-order valence-electron chi connectivity index (χ4n) is 12.8. The van der Waals surface area contributed by atoms with E-state index in [9.17, 15) is 9.90 Å². The van der Waals surface area contributed by atoms with Crippen molar-refractivity contribution < 1.29 is 14.6 Å². The van der Waals surface area contributed by atoms with Crippen molar-refractivity contribution in [3.8, 4) is 0 Å². The maximum Gasteiger partial charge on any atom is 0.315 e. The third-order valence-electron chi connectivity index (χ3n) is 12.0. The van der Waals surface area contributed by atoms with E-state index in [2.05, 4.69) is 6.26 Å². The van der Waals surface area contributed by atoms with Crippen LogP contribution >= 0.6 is 11.8 Å². The van der Waals surface area contributed by atoms with Crippen LogP contribution < -0.4 is 0 Å². The molecule has 3 nitrogen and oxygen atoms in total. The second-order valence-electron chi connectivity index (χ2n) is 11.1. The van der Waals surface area contributed by atoms with E-state index >= 15 is 0 Å². The number of carbonyl (C=O) groups excluding carboxylic acids is 1. The van der Waals surface area contributed by atoms with Crippen molar-refractivity contribution in [2.45, 2.75) is 42.5 Å². The number of aliphatic hydroxyl groups is 1. The molecule has 0 saturated heterocycles. The van der Waals surface area contributed by atoms with Crippen LogP contribution in [0, 0.1) is 70.5 Å². The van der Waals surface area contributed by atoms with Gasteiger partial charge in [-0.3, -0.25) is 4.79 Å². The van der Waals surface area contributed by atoms with Crippen molar-refractivity contribution in [1.29, 1.82) is 0 Å². The Balaban J connectivity index is 1.53. The average molecular weight is 373 g/mol. The Kier molecular flexibility index (Phi) is 2.15. The molecule has 9 fully saturated rings. The van der Waals surface area contributed by atoms with Gasteiger partial charge < -0.3 is 9.84 Å². The Bertz CT molecular complexity index is 783. The van der Waals surface area contributed by atoms with Crippen molar-refractivity contribution in [3.05, 3.63) is 0 Å². The molecular formula is C22H28O3S. The molecule has 9 aliphatic carbocycles. The minimum absolute atomic E-state index is 0.0115. The summed E-state index contributed by atoms with van der Waals surface area (Å²) < 4.78 is 5.55. The molecule has 9 saturated carbocycles. The van der Waals surface area contributed by atoms with E-state index in [1.54, 1.807) is 7.11 Å². The first-order chi connectivity index (χ1) is 12.6. The number of thioether (sulfide) groups is 1. The summed E-state index contributed by atoms with van der Waals surface area (Å²) in [6.07, 6.45) is 8.67. The van der Waals surface area contributed by atoms with Gasteiger partial charge in [-0.2, -0.15) is 11.8 Å². The van der Waals surface area contributed by atoms with E-state index < -0.39 is 11.0 Å². The van der Waals surface area contributed by atoms with Crippen molar-refractivity contribution in [3.63, 3.8) is 0 Å². The molecule has 0 spiro atoms. The highest BCUT2D eigenvalue weighted by Gasteiger charge is 3.02. The summed E-state index contributed by atoms with van der Waals surface area (Å²) in [5.41, 5.74) is -1.35. The van der Waals surface area contributed by atoms with Gasteiger partial charge in [0.05, 0.1) is 17.5 Å². The molecule has 9 rings (SSSR count). The topological polar surface area (TPSA) is 46.5 Å². The van der Waals surface area contributed by atoms with Gasteiger partial charge >= 0.3 is 5.97 Å². The maximum atomic E-state index is 13.7. The Labute approximate surface area is 159 Å². The van der Waals surface area contributed by atoms with Gasteiger partial charge in [0.2, 0.25) is 0 Å². The predicted molar refractivity (Wildman–Crippen MR) is 97.1 cm³/mol. The molecule has 26 heavy (non-hydrogen) atoms. The SMILES string of the molecule is COC(=O)[C@@]12[C@H]3[C@@H]4CC[C@@H]5[C@@H]4[C@H]4[C@@H]3[C@H]3[C@@H]([C@H]6CCC[C@H]6[C@@H]31)[C@@]4(SC)[C@@]52O. The molecule has 0 unspecified atom stereocenters. The molecule has 9 bridgehead atoms. The van der Waals surface area contributed by atoms with Gasteiger partial charge in [-0.15, -0.1) is 0 Å². The molecule has 0 aromatic heterocycles. The molecule has 0 aromatic carbocycles. The van der Waals surface area contributed by atoms with E-state index in [-0.39, 0.29) is 10.7 Å². The van der Waals surface area contributed by atoms with Gasteiger partial charge in [0.1, 0.15) is 5.41 Å².